The van der Waals surface area contributed by atoms with Crippen molar-refractivity contribution in [3.05, 3.63) is 29.8 Å². The molecule has 6 heteroatoms. The number of amides is 1. The van der Waals surface area contributed by atoms with Gasteiger partial charge in [0.1, 0.15) is 0 Å². The van der Waals surface area contributed by atoms with Crippen LogP contribution in [0.1, 0.15) is 44.1 Å². The Bertz CT molecular complexity index is 633. The van der Waals surface area contributed by atoms with Gasteiger partial charge in [-0.1, -0.05) is 31.7 Å². The molecule has 0 bridgehead atoms. The number of nitrogens with one attached hydrogen (secondary N) is 1. The van der Waals surface area contributed by atoms with E-state index in [0.29, 0.717) is 11.5 Å². The molecular formula is C20H27NO5. The molecular weight excluding hydrogens is 334 g/mol. The molecule has 142 valence electrons. The largest absolute Gasteiger partial charge is 0.493 e. The number of ether oxygens (including phenoxy) is 3. The van der Waals surface area contributed by atoms with Gasteiger partial charge in [-0.3, -0.25) is 4.79 Å². The first kappa shape index (κ1) is 19.8. The van der Waals surface area contributed by atoms with Crippen LogP contribution in [0.2, 0.25) is 0 Å². The van der Waals surface area contributed by atoms with Gasteiger partial charge in [0.15, 0.2) is 18.1 Å². The molecule has 26 heavy (non-hydrogen) atoms. The second-order valence-corrected chi connectivity index (χ2v) is 6.31. The van der Waals surface area contributed by atoms with Crippen molar-refractivity contribution in [2.45, 2.75) is 44.6 Å². The van der Waals surface area contributed by atoms with Gasteiger partial charge in [-0.25, -0.2) is 4.79 Å². The SMILES string of the molecule is COc1ccc(C=CC(=O)OCC(=O)NC2CCCCCC2)cc1OC. The Balaban J connectivity index is 1.78. The van der Waals surface area contributed by atoms with Gasteiger partial charge in [0.25, 0.3) is 5.91 Å². The van der Waals surface area contributed by atoms with Gasteiger partial charge >= 0.3 is 5.97 Å². The third-order valence-corrected chi connectivity index (χ3v) is 4.39. The highest BCUT2D eigenvalue weighted by molar-refractivity contribution is 5.89. The number of esters is 1. The molecule has 1 aliphatic carbocycles. The number of benzene rings is 1. The van der Waals surface area contributed by atoms with Crippen LogP contribution in [-0.4, -0.2) is 38.7 Å². The first-order chi connectivity index (χ1) is 12.6. The highest BCUT2D eigenvalue weighted by Crippen LogP contribution is 2.27. The van der Waals surface area contributed by atoms with Crippen LogP contribution in [0.25, 0.3) is 6.08 Å². The molecule has 6 nitrogen and oxygen atoms in total. The van der Waals surface area contributed by atoms with Gasteiger partial charge in [-0.05, 0) is 36.6 Å². The molecule has 0 atom stereocenters. The summed E-state index contributed by atoms with van der Waals surface area (Å²) in [7, 11) is 3.11. The van der Waals surface area contributed by atoms with E-state index in [1.807, 2.05) is 0 Å². The number of hydrogen-bond donors (Lipinski definition) is 1. The van der Waals surface area contributed by atoms with Gasteiger partial charge in [0, 0.05) is 12.1 Å². The monoisotopic (exact) mass is 361 g/mol. The van der Waals surface area contributed by atoms with Crippen LogP contribution in [-0.2, 0) is 14.3 Å². The number of carbonyl (C=O) groups is 2. The Hall–Kier alpha value is -2.50. The summed E-state index contributed by atoms with van der Waals surface area (Å²) in [5.41, 5.74) is 0.766. The summed E-state index contributed by atoms with van der Waals surface area (Å²) in [6.07, 6.45) is 9.62. The minimum atomic E-state index is -0.559. The van der Waals surface area contributed by atoms with E-state index in [1.54, 1.807) is 38.5 Å². The Morgan fingerprint density at radius 3 is 2.42 bits per heavy atom. The van der Waals surface area contributed by atoms with E-state index < -0.39 is 5.97 Å². The van der Waals surface area contributed by atoms with E-state index in [4.69, 9.17) is 14.2 Å². The summed E-state index contributed by atoms with van der Waals surface area (Å²) < 4.78 is 15.4. The minimum absolute atomic E-state index is 0.200. The van der Waals surface area contributed by atoms with Crippen molar-refractivity contribution >= 4 is 18.0 Å². The molecule has 0 spiro atoms. The fraction of sp³-hybridized carbons (Fsp3) is 0.500. The zero-order chi connectivity index (χ0) is 18.8. The maximum atomic E-state index is 11.9. The van der Waals surface area contributed by atoms with Crippen molar-refractivity contribution in [2.75, 3.05) is 20.8 Å². The predicted octanol–water partition coefficient (Wildman–Crippen LogP) is 3.10. The molecule has 2 rings (SSSR count). The van der Waals surface area contributed by atoms with Crippen LogP contribution < -0.4 is 14.8 Å². The molecule has 0 aliphatic heterocycles. The third kappa shape index (κ3) is 6.43. The molecule has 1 aromatic carbocycles. The second-order valence-electron chi connectivity index (χ2n) is 6.31. The maximum Gasteiger partial charge on any atom is 0.331 e. The van der Waals surface area contributed by atoms with E-state index in [-0.39, 0.29) is 18.6 Å². The Labute approximate surface area is 154 Å². The summed E-state index contributed by atoms with van der Waals surface area (Å²) in [5.74, 6) is 0.383. The fourth-order valence-electron chi connectivity index (χ4n) is 3.00. The van der Waals surface area contributed by atoms with Crippen molar-refractivity contribution in [2.24, 2.45) is 0 Å². The van der Waals surface area contributed by atoms with Crippen LogP contribution in [0, 0.1) is 0 Å². The first-order valence-electron chi connectivity index (χ1n) is 8.98. The standard InChI is InChI=1S/C20H27NO5/c1-24-17-11-9-15(13-18(17)25-2)10-12-20(23)26-14-19(22)21-16-7-5-3-4-6-8-16/h9-13,16H,3-8,14H2,1-2H3,(H,21,22). The molecule has 0 heterocycles. The number of rotatable bonds is 7. The van der Waals surface area contributed by atoms with Gasteiger partial charge in [-0.2, -0.15) is 0 Å². The van der Waals surface area contributed by atoms with Crippen molar-refractivity contribution in [1.29, 1.82) is 0 Å². The summed E-state index contributed by atoms with van der Waals surface area (Å²) in [6, 6.07) is 5.50. The normalized spacial score (nSPS) is 15.3. The average molecular weight is 361 g/mol. The topological polar surface area (TPSA) is 73.9 Å². The number of methoxy groups -OCH3 is 2. The highest BCUT2D eigenvalue weighted by Gasteiger charge is 2.15. The summed E-state index contributed by atoms with van der Waals surface area (Å²) in [5, 5.41) is 2.95. The molecule has 1 aromatic rings. The molecule has 0 radical (unpaired) electrons. The van der Waals surface area contributed by atoms with Crippen molar-refractivity contribution in [1.82, 2.24) is 5.32 Å². The Morgan fingerprint density at radius 2 is 1.77 bits per heavy atom. The van der Waals surface area contributed by atoms with Crippen molar-refractivity contribution in [3.8, 4) is 11.5 Å². The third-order valence-electron chi connectivity index (χ3n) is 4.39. The molecule has 1 N–H and O–H groups in total. The van der Waals surface area contributed by atoms with Crippen molar-refractivity contribution in [3.63, 3.8) is 0 Å². The minimum Gasteiger partial charge on any atom is -0.493 e. The second kappa shape index (κ2) is 10.5. The highest BCUT2D eigenvalue weighted by atomic mass is 16.5. The molecule has 0 saturated heterocycles. The maximum absolute atomic E-state index is 11.9. The smallest absolute Gasteiger partial charge is 0.331 e. The zero-order valence-corrected chi connectivity index (χ0v) is 15.5. The lowest BCUT2D eigenvalue weighted by Crippen LogP contribution is -2.37. The van der Waals surface area contributed by atoms with Gasteiger partial charge in [0.2, 0.25) is 0 Å². The molecule has 1 saturated carbocycles. The summed E-state index contributed by atoms with van der Waals surface area (Å²) in [4.78, 5) is 23.7. The average Bonchev–Trinajstić information content (AvgIpc) is 2.93. The van der Waals surface area contributed by atoms with Crippen LogP contribution >= 0.6 is 0 Å². The fourth-order valence-corrected chi connectivity index (χ4v) is 3.00. The van der Waals surface area contributed by atoms with Crippen LogP contribution in [0.4, 0.5) is 0 Å². The van der Waals surface area contributed by atoms with E-state index in [0.717, 1.165) is 31.2 Å². The van der Waals surface area contributed by atoms with Gasteiger partial charge in [-0.15, -0.1) is 0 Å². The summed E-state index contributed by atoms with van der Waals surface area (Å²) >= 11 is 0. The molecule has 0 aromatic heterocycles. The van der Waals surface area contributed by atoms with Crippen LogP contribution in [0.5, 0.6) is 11.5 Å². The molecule has 1 amide bonds. The Morgan fingerprint density at radius 1 is 1.08 bits per heavy atom. The predicted molar refractivity (Wildman–Crippen MR) is 99.2 cm³/mol. The van der Waals surface area contributed by atoms with E-state index >= 15 is 0 Å². The lowest BCUT2D eigenvalue weighted by Gasteiger charge is -2.15. The van der Waals surface area contributed by atoms with E-state index in [9.17, 15) is 9.59 Å². The summed E-state index contributed by atoms with van der Waals surface area (Å²) in [6.45, 7) is -0.258. The Kier molecular flexibility index (Phi) is 7.99. The van der Waals surface area contributed by atoms with Crippen LogP contribution in [0.3, 0.4) is 0 Å². The number of hydrogen-bond acceptors (Lipinski definition) is 5. The number of carbonyl (C=O) groups excluding carboxylic acids is 2. The lowest BCUT2D eigenvalue weighted by molar-refractivity contribution is -0.144. The van der Waals surface area contributed by atoms with E-state index in [1.165, 1.54) is 18.9 Å². The van der Waals surface area contributed by atoms with Crippen molar-refractivity contribution < 1.29 is 23.8 Å². The van der Waals surface area contributed by atoms with Crippen LogP contribution in [0.15, 0.2) is 24.3 Å². The zero-order valence-electron chi connectivity index (χ0n) is 15.5. The molecule has 1 aliphatic rings. The molecule has 0 unspecified atom stereocenters. The van der Waals surface area contributed by atoms with E-state index in [2.05, 4.69) is 5.32 Å². The van der Waals surface area contributed by atoms with Gasteiger partial charge < -0.3 is 19.5 Å². The first-order valence-corrected chi connectivity index (χ1v) is 8.98. The van der Waals surface area contributed by atoms with Gasteiger partial charge in [0.05, 0.1) is 14.2 Å². The molecule has 1 fully saturated rings. The lowest BCUT2D eigenvalue weighted by atomic mass is 10.1. The quantitative estimate of drug-likeness (QED) is 0.459.